The molecule has 5 nitrogen and oxygen atoms in total. The van der Waals surface area contributed by atoms with E-state index in [1.165, 1.54) is 43.5 Å². The Morgan fingerprint density at radius 2 is 2.10 bits per heavy atom. The van der Waals surface area contributed by atoms with E-state index in [9.17, 15) is 0 Å². The molecule has 1 aliphatic carbocycles. The highest BCUT2D eigenvalue weighted by Gasteiger charge is 2.33. The zero-order valence-corrected chi connectivity index (χ0v) is 13.0. The third-order valence-electron chi connectivity index (χ3n) is 4.80. The average molecular weight is 303 g/mol. The predicted molar refractivity (Wildman–Crippen MR) is 82.1 cm³/mol. The Morgan fingerprint density at radius 3 is 2.90 bits per heavy atom. The van der Waals surface area contributed by atoms with Gasteiger partial charge in [-0.2, -0.15) is 0 Å². The lowest BCUT2D eigenvalue weighted by Crippen LogP contribution is -2.41. The third kappa shape index (κ3) is 2.62. The first-order chi connectivity index (χ1) is 10.4. The summed E-state index contributed by atoms with van der Waals surface area (Å²) in [5.74, 6) is 1.86. The number of tetrazole rings is 1. The minimum absolute atomic E-state index is 0.246. The molecule has 112 valence electrons. The largest absolute Gasteiger partial charge is 0.287 e. The molecule has 0 aromatic carbocycles. The molecule has 1 atom stereocenters. The molecule has 0 N–H and O–H groups in total. The molecule has 3 heterocycles. The molecule has 1 fully saturated rings. The summed E-state index contributed by atoms with van der Waals surface area (Å²) in [6, 6.07) is 4.59. The van der Waals surface area contributed by atoms with Gasteiger partial charge in [0.05, 0.1) is 6.54 Å². The lowest BCUT2D eigenvalue weighted by Gasteiger charge is -2.37. The Morgan fingerprint density at radius 1 is 1.19 bits per heavy atom. The van der Waals surface area contributed by atoms with E-state index >= 15 is 0 Å². The van der Waals surface area contributed by atoms with Crippen molar-refractivity contribution in [3.63, 3.8) is 0 Å². The van der Waals surface area contributed by atoms with Gasteiger partial charge in [-0.05, 0) is 40.6 Å². The molecular weight excluding hydrogens is 282 g/mol. The summed E-state index contributed by atoms with van der Waals surface area (Å²) in [5.41, 5.74) is 0. The molecule has 0 saturated heterocycles. The molecule has 1 unspecified atom stereocenters. The highest BCUT2D eigenvalue weighted by atomic mass is 32.1. The second-order valence-corrected chi connectivity index (χ2v) is 7.16. The van der Waals surface area contributed by atoms with E-state index in [-0.39, 0.29) is 6.04 Å². The lowest BCUT2D eigenvalue weighted by atomic mass is 9.88. The fraction of sp³-hybridized carbons (Fsp3) is 0.667. The van der Waals surface area contributed by atoms with Crippen LogP contribution in [0.25, 0.3) is 0 Å². The number of rotatable bonds is 3. The van der Waals surface area contributed by atoms with Gasteiger partial charge in [0.15, 0.2) is 5.82 Å². The minimum Gasteiger partial charge on any atom is -0.287 e. The number of fused-ring (bicyclic) bond motifs is 1. The number of hydrogen-bond acceptors (Lipinski definition) is 5. The Kier molecular flexibility index (Phi) is 3.73. The molecule has 2 aliphatic rings. The van der Waals surface area contributed by atoms with Crippen LogP contribution in [0.5, 0.6) is 0 Å². The molecule has 21 heavy (non-hydrogen) atoms. The molecule has 0 bridgehead atoms. The Bertz CT molecular complexity index is 573. The maximum Gasteiger partial charge on any atom is 0.173 e. The van der Waals surface area contributed by atoms with Crippen LogP contribution in [0.15, 0.2) is 17.5 Å². The van der Waals surface area contributed by atoms with Gasteiger partial charge >= 0.3 is 0 Å². The van der Waals surface area contributed by atoms with Crippen LogP contribution in [-0.4, -0.2) is 38.2 Å². The van der Waals surface area contributed by atoms with Gasteiger partial charge < -0.3 is 0 Å². The zero-order chi connectivity index (χ0) is 14.1. The van der Waals surface area contributed by atoms with Crippen LogP contribution in [0.2, 0.25) is 0 Å². The van der Waals surface area contributed by atoms with Gasteiger partial charge in [0.25, 0.3) is 0 Å². The van der Waals surface area contributed by atoms with Crippen molar-refractivity contribution in [2.75, 3.05) is 13.1 Å². The van der Waals surface area contributed by atoms with Gasteiger partial charge in [-0.25, -0.2) is 4.68 Å². The fourth-order valence-corrected chi connectivity index (χ4v) is 4.59. The molecule has 1 aliphatic heterocycles. The van der Waals surface area contributed by atoms with Crippen LogP contribution in [-0.2, 0) is 6.54 Å². The van der Waals surface area contributed by atoms with Crippen LogP contribution in [0.3, 0.4) is 0 Å². The van der Waals surface area contributed by atoms with Crippen LogP contribution >= 0.6 is 11.3 Å². The van der Waals surface area contributed by atoms with Crippen LogP contribution < -0.4 is 0 Å². The summed E-state index contributed by atoms with van der Waals surface area (Å²) < 4.78 is 1.97. The molecule has 0 spiro atoms. The number of thiophene rings is 1. The van der Waals surface area contributed by atoms with Gasteiger partial charge in [0.2, 0.25) is 0 Å². The topological polar surface area (TPSA) is 46.8 Å². The summed E-state index contributed by atoms with van der Waals surface area (Å²) in [6.45, 7) is 3.16. The summed E-state index contributed by atoms with van der Waals surface area (Å²) in [5, 5.41) is 14.5. The maximum atomic E-state index is 4.30. The van der Waals surface area contributed by atoms with E-state index in [4.69, 9.17) is 0 Å². The smallest absolute Gasteiger partial charge is 0.173 e. The van der Waals surface area contributed by atoms with Crippen molar-refractivity contribution in [1.29, 1.82) is 0 Å². The summed E-state index contributed by atoms with van der Waals surface area (Å²) in [6.07, 6.45) is 7.00. The van der Waals surface area contributed by atoms with Crippen molar-refractivity contribution >= 4 is 11.3 Å². The van der Waals surface area contributed by atoms with Crippen LogP contribution in [0.4, 0.5) is 0 Å². The first kappa shape index (κ1) is 13.4. The molecule has 2 aromatic heterocycles. The van der Waals surface area contributed by atoms with E-state index < -0.39 is 0 Å². The summed E-state index contributed by atoms with van der Waals surface area (Å²) >= 11 is 1.81. The van der Waals surface area contributed by atoms with Gasteiger partial charge in [-0.15, -0.1) is 16.4 Å². The summed E-state index contributed by atoms with van der Waals surface area (Å²) in [7, 11) is 0. The van der Waals surface area contributed by atoms with Gasteiger partial charge in [-0.3, -0.25) is 4.90 Å². The van der Waals surface area contributed by atoms with E-state index in [2.05, 4.69) is 37.9 Å². The molecule has 2 aromatic rings. The van der Waals surface area contributed by atoms with E-state index in [0.29, 0.717) is 0 Å². The van der Waals surface area contributed by atoms with Crippen molar-refractivity contribution in [3.8, 4) is 0 Å². The minimum atomic E-state index is 0.246. The standard InChI is InChI=1S/C15H21N5S/c1-2-5-12(6-3-1)11-19-8-9-20-15(16-17-18-20)14(19)13-7-4-10-21-13/h4,7,10,12,14H,1-3,5-6,8-9,11H2. The first-order valence-corrected chi connectivity index (χ1v) is 8.83. The first-order valence-electron chi connectivity index (χ1n) is 7.95. The molecule has 0 amide bonds. The Hall–Kier alpha value is -1.27. The van der Waals surface area contributed by atoms with Crippen molar-refractivity contribution in [3.05, 3.63) is 28.2 Å². The van der Waals surface area contributed by atoms with Crippen molar-refractivity contribution < 1.29 is 0 Å². The van der Waals surface area contributed by atoms with E-state index in [1.54, 1.807) is 0 Å². The molecular formula is C15H21N5S. The fourth-order valence-electron chi connectivity index (χ4n) is 3.73. The second kappa shape index (κ2) is 5.85. The van der Waals surface area contributed by atoms with Crippen LogP contribution in [0.1, 0.15) is 48.8 Å². The molecule has 4 rings (SSSR count). The number of nitrogens with zero attached hydrogens (tertiary/aromatic N) is 5. The van der Waals surface area contributed by atoms with Crippen LogP contribution in [0, 0.1) is 5.92 Å². The molecule has 1 saturated carbocycles. The quantitative estimate of drug-likeness (QED) is 0.874. The predicted octanol–water partition coefficient (Wildman–Crippen LogP) is 2.72. The molecule has 6 heteroatoms. The highest BCUT2D eigenvalue weighted by Crippen LogP contribution is 2.35. The SMILES string of the molecule is c1csc(C2c3nnnn3CCN2CC2CCCCC2)c1. The van der Waals surface area contributed by atoms with Crippen molar-refractivity contribution in [2.45, 2.75) is 44.7 Å². The third-order valence-corrected chi connectivity index (χ3v) is 5.72. The van der Waals surface area contributed by atoms with Gasteiger partial charge in [0.1, 0.15) is 6.04 Å². The molecule has 0 radical (unpaired) electrons. The maximum absolute atomic E-state index is 4.30. The second-order valence-electron chi connectivity index (χ2n) is 6.18. The van der Waals surface area contributed by atoms with Gasteiger partial charge in [0, 0.05) is 18.0 Å². The van der Waals surface area contributed by atoms with Crippen molar-refractivity contribution in [1.82, 2.24) is 25.1 Å². The van der Waals surface area contributed by atoms with Crippen molar-refractivity contribution in [2.24, 2.45) is 5.92 Å². The monoisotopic (exact) mass is 303 g/mol. The van der Waals surface area contributed by atoms with Gasteiger partial charge in [-0.1, -0.05) is 25.3 Å². The highest BCUT2D eigenvalue weighted by molar-refractivity contribution is 7.10. The number of hydrogen-bond donors (Lipinski definition) is 0. The Balaban J connectivity index is 1.60. The normalized spacial score (nSPS) is 24.1. The Labute approximate surface area is 129 Å². The lowest BCUT2D eigenvalue weighted by molar-refractivity contribution is 0.134. The number of aromatic nitrogens is 4. The zero-order valence-electron chi connectivity index (χ0n) is 12.2. The average Bonchev–Trinajstić information content (AvgIpc) is 3.19. The summed E-state index contributed by atoms with van der Waals surface area (Å²) in [4.78, 5) is 3.97. The van der Waals surface area contributed by atoms with E-state index in [0.717, 1.165) is 24.8 Å². The van der Waals surface area contributed by atoms with E-state index in [1.807, 2.05) is 16.0 Å².